The standard InChI is InChI=1S/C27H33N3O9/c1-13(31)15(28)11-20(32)37-18-6-7-27(39-21(33)12-16(29)25(34)35)19-10-14-4-5-17(36-3)23-22(14)26(27,24(18)38-23)8-9-30(19)2/h4-6,15-16,19,24,31H,1,7-12,28-29H2,2-3H3,(H,34,35)/t15-,16-,19+,24-,26-,27+/m0/s1. The van der Waals surface area contributed by atoms with Gasteiger partial charge in [-0.25, -0.2) is 0 Å². The number of hydrogen-bond donors (Lipinski definition) is 4. The topological polar surface area (TPSA) is 184 Å². The third kappa shape index (κ3) is 3.97. The highest BCUT2D eigenvalue weighted by molar-refractivity contribution is 5.82. The molecule has 0 aromatic heterocycles. The van der Waals surface area contributed by atoms with Crippen LogP contribution in [0.3, 0.4) is 0 Å². The number of carbonyl (C=O) groups is 3. The number of carboxylic acids is 1. The Morgan fingerprint density at radius 2 is 1.92 bits per heavy atom. The molecule has 2 heterocycles. The van der Waals surface area contributed by atoms with Gasteiger partial charge in [-0.15, -0.1) is 0 Å². The van der Waals surface area contributed by atoms with Gasteiger partial charge in [-0.3, -0.25) is 19.3 Å². The van der Waals surface area contributed by atoms with Gasteiger partial charge in [0.25, 0.3) is 0 Å². The van der Waals surface area contributed by atoms with Crippen LogP contribution in [0.15, 0.2) is 36.3 Å². The van der Waals surface area contributed by atoms with E-state index in [1.807, 2.05) is 19.2 Å². The zero-order valence-corrected chi connectivity index (χ0v) is 21.8. The highest BCUT2D eigenvalue weighted by Crippen LogP contribution is 2.66. The molecular formula is C27H33N3O9. The summed E-state index contributed by atoms with van der Waals surface area (Å²) in [5.74, 6) is -1.81. The molecule has 39 heavy (non-hydrogen) atoms. The Balaban J connectivity index is 1.62. The average Bonchev–Trinajstić information content (AvgIpc) is 3.23. The van der Waals surface area contributed by atoms with Crippen LogP contribution in [-0.2, 0) is 35.7 Å². The maximum Gasteiger partial charge on any atom is 0.321 e. The number of carbonyl (C=O) groups excluding carboxylic acids is 2. The van der Waals surface area contributed by atoms with E-state index in [2.05, 4.69) is 11.5 Å². The van der Waals surface area contributed by atoms with Crippen LogP contribution >= 0.6 is 0 Å². The van der Waals surface area contributed by atoms with Crippen molar-refractivity contribution in [3.05, 3.63) is 47.4 Å². The molecule has 1 aromatic carbocycles. The fourth-order valence-corrected chi connectivity index (χ4v) is 6.74. The van der Waals surface area contributed by atoms with Gasteiger partial charge in [-0.2, -0.15) is 0 Å². The Bertz CT molecular complexity index is 1280. The summed E-state index contributed by atoms with van der Waals surface area (Å²) in [6.45, 7) is 4.01. The van der Waals surface area contributed by atoms with Crippen LogP contribution in [0.1, 0.15) is 36.8 Å². The molecule has 1 fully saturated rings. The minimum absolute atomic E-state index is 0.188. The summed E-state index contributed by atoms with van der Waals surface area (Å²) in [6, 6.07) is 1.12. The predicted molar refractivity (Wildman–Crippen MR) is 136 cm³/mol. The van der Waals surface area contributed by atoms with E-state index < -0.39 is 53.5 Å². The Labute approximate surface area is 225 Å². The second-order valence-corrected chi connectivity index (χ2v) is 10.6. The Kier molecular flexibility index (Phi) is 6.60. The van der Waals surface area contributed by atoms with Gasteiger partial charge >= 0.3 is 17.9 Å². The van der Waals surface area contributed by atoms with Gasteiger partial charge in [0, 0.05) is 12.0 Å². The van der Waals surface area contributed by atoms with Crippen molar-refractivity contribution in [2.75, 3.05) is 20.7 Å². The number of methoxy groups -OCH3 is 1. The van der Waals surface area contributed by atoms with Gasteiger partial charge in [0.1, 0.15) is 23.2 Å². The fourth-order valence-electron chi connectivity index (χ4n) is 6.74. The van der Waals surface area contributed by atoms with Gasteiger partial charge in [-0.05, 0) is 44.1 Å². The lowest BCUT2D eigenvalue weighted by molar-refractivity contribution is -0.206. The molecule has 1 aromatic rings. The fraction of sp³-hybridized carbons (Fsp3) is 0.519. The van der Waals surface area contributed by atoms with Crippen LogP contribution in [0.2, 0.25) is 0 Å². The molecule has 1 saturated heterocycles. The lowest BCUT2D eigenvalue weighted by atomic mass is 9.50. The van der Waals surface area contributed by atoms with Crippen molar-refractivity contribution in [3.8, 4) is 11.5 Å². The van der Waals surface area contributed by atoms with Crippen LogP contribution < -0.4 is 20.9 Å². The van der Waals surface area contributed by atoms with Gasteiger partial charge in [0.15, 0.2) is 17.6 Å². The monoisotopic (exact) mass is 543 g/mol. The van der Waals surface area contributed by atoms with E-state index in [0.717, 1.165) is 11.1 Å². The van der Waals surface area contributed by atoms with Crippen LogP contribution in [0.25, 0.3) is 0 Å². The molecule has 0 amide bonds. The summed E-state index contributed by atoms with van der Waals surface area (Å²) in [5, 5.41) is 18.8. The van der Waals surface area contributed by atoms with Crippen molar-refractivity contribution in [2.45, 2.75) is 67.3 Å². The Morgan fingerprint density at radius 3 is 2.59 bits per heavy atom. The average molecular weight is 544 g/mol. The van der Waals surface area contributed by atoms with Gasteiger partial charge in [-0.1, -0.05) is 12.6 Å². The van der Waals surface area contributed by atoms with E-state index in [4.69, 9.17) is 30.4 Å². The number of rotatable bonds is 9. The molecule has 12 heteroatoms. The molecule has 2 aliphatic carbocycles. The molecule has 6 atom stereocenters. The van der Waals surface area contributed by atoms with Crippen LogP contribution in [0.5, 0.6) is 11.5 Å². The molecule has 0 saturated carbocycles. The number of piperidine rings is 1. The van der Waals surface area contributed by atoms with E-state index in [1.165, 1.54) is 7.11 Å². The lowest BCUT2D eigenvalue weighted by Crippen LogP contribution is -2.75. The van der Waals surface area contributed by atoms with E-state index in [-0.39, 0.29) is 30.4 Å². The highest BCUT2D eigenvalue weighted by atomic mass is 16.6. The highest BCUT2D eigenvalue weighted by Gasteiger charge is 2.74. The first-order valence-electron chi connectivity index (χ1n) is 12.8. The number of nitrogens with zero attached hydrogens (tertiary/aromatic N) is 1. The molecule has 210 valence electrons. The zero-order valence-electron chi connectivity index (χ0n) is 21.8. The molecular weight excluding hydrogens is 510 g/mol. The molecule has 12 nitrogen and oxygen atoms in total. The van der Waals surface area contributed by atoms with Crippen molar-refractivity contribution in [3.63, 3.8) is 0 Å². The van der Waals surface area contributed by atoms with Crippen molar-refractivity contribution >= 4 is 17.9 Å². The molecule has 4 aliphatic rings. The molecule has 5 rings (SSSR count). The van der Waals surface area contributed by atoms with Crippen LogP contribution in [-0.4, -0.2) is 83.6 Å². The molecule has 2 aliphatic heterocycles. The maximum absolute atomic E-state index is 13.2. The van der Waals surface area contributed by atoms with Crippen molar-refractivity contribution in [1.29, 1.82) is 0 Å². The normalized spacial score (nSPS) is 29.7. The lowest BCUT2D eigenvalue weighted by Gasteiger charge is -2.62. The third-order valence-corrected chi connectivity index (χ3v) is 8.57. The largest absolute Gasteiger partial charge is 0.511 e. The number of benzene rings is 1. The number of aliphatic hydroxyl groups excluding tert-OH is 1. The van der Waals surface area contributed by atoms with Gasteiger partial charge < -0.3 is 40.6 Å². The summed E-state index contributed by atoms with van der Waals surface area (Å²) in [4.78, 5) is 39.5. The van der Waals surface area contributed by atoms with Gasteiger partial charge in [0.2, 0.25) is 0 Å². The van der Waals surface area contributed by atoms with E-state index >= 15 is 0 Å². The number of ether oxygens (including phenoxy) is 4. The summed E-state index contributed by atoms with van der Waals surface area (Å²) < 4.78 is 24.2. The van der Waals surface area contributed by atoms with Crippen molar-refractivity contribution in [2.24, 2.45) is 11.5 Å². The van der Waals surface area contributed by atoms with E-state index in [1.54, 1.807) is 6.08 Å². The smallest absolute Gasteiger partial charge is 0.321 e. The quantitative estimate of drug-likeness (QED) is 0.252. The van der Waals surface area contributed by atoms with Crippen LogP contribution in [0, 0.1) is 0 Å². The molecule has 0 unspecified atom stereocenters. The number of esters is 2. The number of hydrogen-bond acceptors (Lipinski definition) is 11. The number of nitrogens with two attached hydrogens (primary N) is 2. The summed E-state index contributed by atoms with van der Waals surface area (Å²) in [7, 11) is 3.49. The second-order valence-electron chi connectivity index (χ2n) is 10.6. The minimum atomic E-state index is -1.41. The first-order valence-corrected chi connectivity index (χ1v) is 12.8. The SMILES string of the molecule is C=C(O)[C@@H](N)CC(=O)OC1=CC[C@@]2(OC(=O)C[C@H](N)C(=O)O)[C@H]3Cc4ccc(OC)c5c4[C@@]2(CCN3C)[C@H]1O5. The molecule has 2 bridgehead atoms. The second kappa shape index (κ2) is 9.54. The minimum Gasteiger partial charge on any atom is -0.511 e. The Morgan fingerprint density at radius 1 is 1.21 bits per heavy atom. The van der Waals surface area contributed by atoms with Crippen molar-refractivity contribution in [1.82, 2.24) is 4.90 Å². The number of carboxylic acid groups (broad SMARTS) is 1. The predicted octanol–water partition coefficient (Wildman–Crippen LogP) is 0.658. The van der Waals surface area contributed by atoms with Crippen LogP contribution in [0.4, 0.5) is 0 Å². The number of aliphatic carboxylic acids is 1. The van der Waals surface area contributed by atoms with Crippen molar-refractivity contribution < 1.29 is 43.5 Å². The molecule has 0 radical (unpaired) electrons. The van der Waals surface area contributed by atoms with E-state index in [0.29, 0.717) is 30.9 Å². The molecule has 1 spiro atoms. The molecule has 6 N–H and O–H groups in total. The first-order chi connectivity index (χ1) is 18.4. The maximum atomic E-state index is 13.2. The van der Waals surface area contributed by atoms with E-state index in [9.17, 15) is 24.6 Å². The zero-order chi connectivity index (χ0) is 28.3. The summed E-state index contributed by atoms with van der Waals surface area (Å²) in [5.41, 5.74) is 11.2. The number of likely N-dealkylation sites (tertiary alicyclic amines) is 1. The number of likely N-dealkylation sites (N-methyl/N-ethyl adjacent to an activating group) is 1. The summed E-state index contributed by atoms with van der Waals surface area (Å²) in [6.07, 6.45) is 1.28. The Hall–Kier alpha value is -3.61. The number of aliphatic hydroxyl groups is 1. The third-order valence-electron chi connectivity index (χ3n) is 8.57. The summed E-state index contributed by atoms with van der Waals surface area (Å²) >= 11 is 0. The van der Waals surface area contributed by atoms with Gasteiger partial charge in [0.05, 0.1) is 37.5 Å². The first kappa shape index (κ1) is 27.0.